The maximum absolute atomic E-state index is 10.0. The first-order valence-corrected chi connectivity index (χ1v) is 8.06. The van der Waals surface area contributed by atoms with Gasteiger partial charge in [-0.15, -0.1) is 0 Å². The van der Waals surface area contributed by atoms with Crippen LogP contribution in [0, 0.1) is 6.92 Å². The molecule has 0 saturated heterocycles. The summed E-state index contributed by atoms with van der Waals surface area (Å²) in [5.41, 5.74) is 2.20. The monoisotopic (exact) mass is 299 g/mol. The first-order chi connectivity index (χ1) is 9.85. The van der Waals surface area contributed by atoms with Crippen molar-refractivity contribution in [1.82, 2.24) is 0 Å². The van der Waals surface area contributed by atoms with Gasteiger partial charge in [0, 0.05) is 17.1 Å². The van der Waals surface area contributed by atoms with Gasteiger partial charge in [0.2, 0.25) is 0 Å². The molecule has 2 nitrogen and oxygen atoms in total. The summed E-state index contributed by atoms with van der Waals surface area (Å²) in [6.07, 6.45) is 1.94. The number of phenols is 1. The molecule has 2 aromatic carbocycles. The van der Waals surface area contributed by atoms with E-state index in [1.807, 2.05) is 37.4 Å². The van der Waals surface area contributed by atoms with Crippen molar-refractivity contribution >= 4 is 25.4 Å². The standard InChI is InChI=1S/C18H22NOP/c1-13-9-10-15(20)17(11-13)21-16-8-6-5-7-14(16)12-19-18(2,3)4/h5-12,20-21H,1-4H3/b19-12+. The van der Waals surface area contributed by atoms with Crippen molar-refractivity contribution in [3.05, 3.63) is 53.6 Å². The van der Waals surface area contributed by atoms with Crippen LogP contribution in [-0.2, 0) is 0 Å². The number of hydrogen-bond donors (Lipinski definition) is 1. The lowest BCUT2D eigenvalue weighted by molar-refractivity contribution is 0.479. The van der Waals surface area contributed by atoms with Gasteiger partial charge in [-0.25, -0.2) is 0 Å². The molecule has 0 heterocycles. The molecule has 0 aliphatic heterocycles. The van der Waals surface area contributed by atoms with E-state index in [0.717, 1.165) is 16.4 Å². The minimum Gasteiger partial charge on any atom is -0.507 e. The Kier molecular flexibility index (Phi) is 4.80. The van der Waals surface area contributed by atoms with Gasteiger partial charge in [0.05, 0.1) is 5.54 Å². The average Bonchev–Trinajstić information content (AvgIpc) is 2.41. The van der Waals surface area contributed by atoms with Crippen LogP contribution in [0.15, 0.2) is 47.5 Å². The Morgan fingerprint density at radius 1 is 1.05 bits per heavy atom. The van der Waals surface area contributed by atoms with Gasteiger partial charge in [0.15, 0.2) is 0 Å². The molecule has 3 heteroatoms. The number of aliphatic imine (C=N–C) groups is 1. The van der Waals surface area contributed by atoms with E-state index >= 15 is 0 Å². The fourth-order valence-electron chi connectivity index (χ4n) is 1.88. The Morgan fingerprint density at radius 3 is 2.48 bits per heavy atom. The van der Waals surface area contributed by atoms with Crippen molar-refractivity contribution in [2.24, 2.45) is 4.99 Å². The van der Waals surface area contributed by atoms with E-state index in [-0.39, 0.29) is 5.54 Å². The van der Waals surface area contributed by atoms with Crippen molar-refractivity contribution < 1.29 is 5.11 Å². The highest BCUT2D eigenvalue weighted by atomic mass is 31.1. The van der Waals surface area contributed by atoms with Gasteiger partial charge in [-0.3, -0.25) is 4.99 Å². The second kappa shape index (κ2) is 6.41. The van der Waals surface area contributed by atoms with Crippen molar-refractivity contribution in [2.75, 3.05) is 0 Å². The van der Waals surface area contributed by atoms with Gasteiger partial charge in [0.25, 0.3) is 0 Å². The van der Waals surface area contributed by atoms with Gasteiger partial charge >= 0.3 is 0 Å². The summed E-state index contributed by atoms with van der Waals surface area (Å²) in [5, 5.41) is 12.2. The van der Waals surface area contributed by atoms with Crippen molar-refractivity contribution in [3.8, 4) is 5.75 Å². The molecule has 0 amide bonds. The number of benzene rings is 2. The lowest BCUT2D eigenvalue weighted by Crippen LogP contribution is -2.13. The molecule has 1 atom stereocenters. The number of hydrogen-bond acceptors (Lipinski definition) is 2. The van der Waals surface area contributed by atoms with Crippen LogP contribution in [0.5, 0.6) is 5.75 Å². The molecule has 1 N–H and O–H groups in total. The van der Waals surface area contributed by atoms with Crippen molar-refractivity contribution in [1.29, 1.82) is 0 Å². The first-order valence-electron chi connectivity index (χ1n) is 7.06. The molecule has 0 fully saturated rings. The van der Waals surface area contributed by atoms with E-state index in [1.165, 1.54) is 5.30 Å². The van der Waals surface area contributed by atoms with Crippen LogP contribution in [0.1, 0.15) is 31.9 Å². The number of aromatic hydroxyl groups is 1. The molecule has 110 valence electrons. The molecule has 1 unspecified atom stereocenters. The topological polar surface area (TPSA) is 32.6 Å². The van der Waals surface area contributed by atoms with Crippen LogP contribution in [0.3, 0.4) is 0 Å². The fraction of sp³-hybridized carbons (Fsp3) is 0.278. The SMILES string of the molecule is Cc1ccc(O)c(Pc2ccccc2/C=N/C(C)(C)C)c1. The number of nitrogens with zero attached hydrogens (tertiary/aromatic N) is 1. The predicted molar refractivity (Wildman–Crippen MR) is 94.2 cm³/mol. The second-order valence-corrected chi connectivity index (χ2v) is 7.49. The van der Waals surface area contributed by atoms with E-state index in [2.05, 4.69) is 37.9 Å². The molecule has 21 heavy (non-hydrogen) atoms. The maximum Gasteiger partial charge on any atom is 0.123 e. The third-order valence-electron chi connectivity index (χ3n) is 2.97. The van der Waals surface area contributed by atoms with E-state index < -0.39 is 0 Å². The molecule has 0 spiro atoms. The zero-order valence-electron chi connectivity index (χ0n) is 13.0. The van der Waals surface area contributed by atoms with Crippen LogP contribution in [0.25, 0.3) is 0 Å². The number of phenolic OH excluding ortho intramolecular Hbond substituents is 1. The molecular formula is C18H22NOP. The average molecular weight is 299 g/mol. The lowest BCUT2D eigenvalue weighted by atomic mass is 10.1. The Bertz CT molecular complexity index is 657. The van der Waals surface area contributed by atoms with Crippen molar-refractivity contribution in [3.63, 3.8) is 0 Å². The highest BCUT2D eigenvalue weighted by Gasteiger charge is 2.08. The summed E-state index contributed by atoms with van der Waals surface area (Å²) in [5.74, 6) is 0.362. The molecule has 0 saturated carbocycles. The highest BCUT2D eigenvalue weighted by molar-refractivity contribution is 7.56. The zero-order chi connectivity index (χ0) is 15.5. The highest BCUT2D eigenvalue weighted by Crippen LogP contribution is 2.20. The van der Waals surface area contributed by atoms with E-state index in [4.69, 9.17) is 0 Å². The summed E-state index contributed by atoms with van der Waals surface area (Å²) in [4.78, 5) is 4.59. The Morgan fingerprint density at radius 2 is 1.76 bits per heavy atom. The Hall–Kier alpha value is -1.66. The van der Waals surface area contributed by atoms with Crippen LogP contribution in [0.2, 0.25) is 0 Å². The molecule has 0 aromatic heterocycles. The molecule has 0 radical (unpaired) electrons. The summed E-state index contributed by atoms with van der Waals surface area (Å²) in [6.45, 7) is 8.29. The second-order valence-electron chi connectivity index (χ2n) is 6.16. The molecule has 2 aromatic rings. The fourth-order valence-corrected chi connectivity index (χ4v) is 3.15. The molecule has 0 bridgehead atoms. The molecule has 0 aliphatic rings. The van der Waals surface area contributed by atoms with Gasteiger partial charge in [-0.1, -0.05) is 44.5 Å². The largest absolute Gasteiger partial charge is 0.507 e. The van der Waals surface area contributed by atoms with Gasteiger partial charge < -0.3 is 5.11 Å². The van der Waals surface area contributed by atoms with E-state index in [0.29, 0.717) is 14.3 Å². The van der Waals surface area contributed by atoms with Crippen LogP contribution < -0.4 is 10.6 Å². The molecular weight excluding hydrogens is 277 g/mol. The van der Waals surface area contributed by atoms with Gasteiger partial charge in [-0.2, -0.15) is 0 Å². The normalized spacial score (nSPS) is 12.6. The van der Waals surface area contributed by atoms with Crippen LogP contribution in [-0.4, -0.2) is 16.9 Å². The van der Waals surface area contributed by atoms with Crippen LogP contribution >= 0.6 is 8.58 Å². The van der Waals surface area contributed by atoms with E-state index in [1.54, 1.807) is 6.07 Å². The zero-order valence-corrected chi connectivity index (χ0v) is 14.0. The lowest BCUT2D eigenvalue weighted by Gasteiger charge is -2.13. The number of aryl methyl sites for hydroxylation is 1. The Balaban J connectivity index is 2.32. The first kappa shape index (κ1) is 15.7. The summed E-state index contributed by atoms with van der Waals surface area (Å²) in [7, 11) is 0.423. The molecule has 0 aliphatic carbocycles. The third-order valence-corrected chi connectivity index (χ3v) is 4.37. The number of rotatable bonds is 3. The Labute approximate surface area is 128 Å². The van der Waals surface area contributed by atoms with Crippen molar-refractivity contribution in [2.45, 2.75) is 33.2 Å². The van der Waals surface area contributed by atoms with Gasteiger partial charge in [-0.05, 0) is 45.1 Å². The maximum atomic E-state index is 10.0. The minimum atomic E-state index is -0.0817. The summed E-state index contributed by atoms with van der Waals surface area (Å²) >= 11 is 0. The summed E-state index contributed by atoms with van der Waals surface area (Å²) in [6, 6.07) is 14.0. The molecule has 2 rings (SSSR count). The summed E-state index contributed by atoms with van der Waals surface area (Å²) < 4.78 is 0. The smallest absolute Gasteiger partial charge is 0.123 e. The van der Waals surface area contributed by atoms with Crippen LogP contribution in [0.4, 0.5) is 0 Å². The van der Waals surface area contributed by atoms with E-state index in [9.17, 15) is 5.11 Å². The third kappa shape index (κ3) is 4.68. The quantitative estimate of drug-likeness (QED) is 0.682. The predicted octanol–water partition coefficient (Wildman–Crippen LogP) is 3.55. The minimum absolute atomic E-state index is 0.0817. The van der Waals surface area contributed by atoms with Gasteiger partial charge in [0.1, 0.15) is 5.75 Å².